The molecule has 1 aromatic carbocycles. The number of thiophene rings is 1. The van der Waals surface area contributed by atoms with Crippen molar-refractivity contribution >= 4 is 22.9 Å². The second-order valence-electron chi connectivity index (χ2n) is 2.99. The van der Waals surface area contributed by atoms with Gasteiger partial charge < -0.3 is 10.8 Å². The van der Waals surface area contributed by atoms with E-state index in [2.05, 4.69) is 4.99 Å². The van der Waals surface area contributed by atoms with E-state index in [0.29, 0.717) is 11.5 Å². The summed E-state index contributed by atoms with van der Waals surface area (Å²) in [4.78, 5) is 5.14. The first kappa shape index (κ1) is 9.73. The molecular formula is C11H10N2OS. The van der Waals surface area contributed by atoms with Crippen molar-refractivity contribution in [3.8, 4) is 5.75 Å². The summed E-state index contributed by atoms with van der Waals surface area (Å²) in [5, 5.41) is 11.2. The van der Waals surface area contributed by atoms with Gasteiger partial charge in [-0.1, -0.05) is 12.1 Å². The molecular weight excluding hydrogens is 208 g/mol. The normalized spacial score (nSPS) is 11.6. The van der Waals surface area contributed by atoms with E-state index >= 15 is 0 Å². The monoisotopic (exact) mass is 218 g/mol. The highest BCUT2D eigenvalue weighted by Gasteiger charge is 1.99. The smallest absolute Gasteiger partial charge is 0.141 e. The molecule has 0 aliphatic rings. The minimum Gasteiger partial charge on any atom is -0.508 e. The van der Waals surface area contributed by atoms with Crippen LogP contribution >= 0.6 is 11.3 Å². The van der Waals surface area contributed by atoms with Crippen LogP contribution in [-0.2, 0) is 0 Å². The van der Waals surface area contributed by atoms with E-state index in [0.717, 1.165) is 4.88 Å². The van der Waals surface area contributed by atoms with E-state index in [1.165, 1.54) is 11.3 Å². The highest BCUT2D eigenvalue weighted by Crippen LogP contribution is 2.19. The summed E-state index contributed by atoms with van der Waals surface area (Å²) in [6.45, 7) is 0. The lowest BCUT2D eigenvalue weighted by Crippen LogP contribution is -2.10. The maximum Gasteiger partial charge on any atom is 0.141 e. The van der Waals surface area contributed by atoms with Gasteiger partial charge in [-0.2, -0.15) is 0 Å². The Morgan fingerprint density at radius 3 is 2.80 bits per heavy atom. The van der Waals surface area contributed by atoms with E-state index in [1.807, 2.05) is 17.5 Å². The first-order valence-corrected chi connectivity index (χ1v) is 5.31. The van der Waals surface area contributed by atoms with Crippen molar-refractivity contribution in [2.75, 3.05) is 0 Å². The second kappa shape index (κ2) is 4.14. The molecule has 4 heteroatoms. The minimum absolute atomic E-state index is 0.190. The van der Waals surface area contributed by atoms with Crippen molar-refractivity contribution in [2.45, 2.75) is 0 Å². The summed E-state index contributed by atoms with van der Waals surface area (Å²) >= 11 is 1.54. The van der Waals surface area contributed by atoms with Crippen molar-refractivity contribution < 1.29 is 5.11 Å². The summed E-state index contributed by atoms with van der Waals surface area (Å²) < 4.78 is 0. The molecule has 0 aliphatic heterocycles. The zero-order chi connectivity index (χ0) is 10.7. The number of phenols is 1. The van der Waals surface area contributed by atoms with Crippen LogP contribution in [0.25, 0.3) is 0 Å². The number of hydrogen-bond acceptors (Lipinski definition) is 3. The molecule has 0 amide bonds. The Bertz CT molecular complexity index is 477. The van der Waals surface area contributed by atoms with Gasteiger partial charge in [0.25, 0.3) is 0 Å². The Morgan fingerprint density at radius 1 is 1.27 bits per heavy atom. The molecule has 0 bridgehead atoms. The summed E-state index contributed by atoms with van der Waals surface area (Å²) in [5.41, 5.74) is 6.45. The first-order valence-electron chi connectivity index (χ1n) is 4.43. The molecule has 0 saturated carbocycles. The van der Waals surface area contributed by atoms with Crippen molar-refractivity contribution in [1.82, 2.24) is 0 Å². The molecule has 0 unspecified atom stereocenters. The van der Waals surface area contributed by atoms with Gasteiger partial charge in [0.2, 0.25) is 0 Å². The van der Waals surface area contributed by atoms with E-state index in [1.54, 1.807) is 24.3 Å². The fraction of sp³-hybridized carbons (Fsp3) is 0. The van der Waals surface area contributed by atoms with Gasteiger partial charge in [0.05, 0.1) is 10.6 Å². The van der Waals surface area contributed by atoms with Gasteiger partial charge in [-0.25, -0.2) is 4.99 Å². The number of nitrogens with zero attached hydrogens (tertiary/aromatic N) is 1. The largest absolute Gasteiger partial charge is 0.508 e. The van der Waals surface area contributed by atoms with Crippen molar-refractivity contribution in [3.05, 3.63) is 46.7 Å². The van der Waals surface area contributed by atoms with Crippen molar-refractivity contribution in [3.63, 3.8) is 0 Å². The molecule has 3 N–H and O–H groups in total. The molecule has 0 spiro atoms. The van der Waals surface area contributed by atoms with Gasteiger partial charge in [0.1, 0.15) is 11.6 Å². The number of amidine groups is 1. The van der Waals surface area contributed by atoms with Crippen molar-refractivity contribution in [2.24, 2.45) is 10.7 Å². The molecule has 0 atom stereocenters. The van der Waals surface area contributed by atoms with E-state index in [4.69, 9.17) is 5.73 Å². The predicted molar refractivity (Wildman–Crippen MR) is 62.8 cm³/mol. The maximum absolute atomic E-state index is 9.25. The Balaban J connectivity index is 2.31. The lowest BCUT2D eigenvalue weighted by Gasteiger charge is -1.98. The number of hydrogen-bond donors (Lipinski definition) is 2. The minimum atomic E-state index is 0.190. The Kier molecular flexibility index (Phi) is 2.69. The number of nitrogens with two attached hydrogens (primary N) is 1. The number of rotatable bonds is 2. The fourth-order valence-corrected chi connectivity index (χ4v) is 1.81. The second-order valence-corrected chi connectivity index (χ2v) is 3.94. The molecule has 0 saturated heterocycles. The molecule has 76 valence electrons. The van der Waals surface area contributed by atoms with Gasteiger partial charge in [-0.15, -0.1) is 11.3 Å². The Hall–Kier alpha value is -1.81. The molecule has 0 aliphatic carbocycles. The highest BCUT2D eigenvalue weighted by atomic mass is 32.1. The van der Waals surface area contributed by atoms with Crippen LogP contribution in [0.3, 0.4) is 0 Å². The highest BCUT2D eigenvalue weighted by molar-refractivity contribution is 7.12. The number of benzene rings is 1. The van der Waals surface area contributed by atoms with Gasteiger partial charge in [0.15, 0.2) is 0 Å². The lowest BCUT2D eigenvalue weighted by atomic mass is 10.3. The molecule has 15 heavy (non-hydrogen) atoms. The summed E-state index contributed by atoms with van der Waals surface area (Å²) in [7, 11) is 0. The number of aliphatic imine (C=N–C) groups is 1. The Labute approximate surface area is 91.5 Å². The van der Waals surface area contributed by atoms with Crippen LogP contribution in [0.4, 0.5) is 5.69 Å². The third-order valence-corrected chi connectivity index (χ3v) is 2.75. The van der Waals surface area contributed by atoms with E-state index in [-0.39, 0.29) is 5.75 Å². The molecule has 2 aromatic rings. The van der Waals surface area contributed by atoms with Crippen LogP contribution < -0.4 is 5.73 Å². The molecule has 3 nitrogen and oxygen atoms in total. The van der Waals surface area contributed by atoms with Gasteiger partial charge in [-0.3, -0.25) is 0 Å². The molecule has 0 fully saturated rings. The van der Waals surface area contributed by atoms with Gasteiger partial charge in [-0.05, 0) is 23.6 Å². The zero-order valence-electron chi connectivity index (χ0n) is 7.92. The number of phenolic OH excluding ortho intramolecular Hbond substituents is 1. The van der Waals surface area contributed by atoms with E-state index < -0.39 is 0 Å². The Morgan fingerprint density at radius 2 is 2.13 bits per heavy atom. The van der Waals surface area contributed by atoms with Gasteiger partial charge >= 0.3 is 0 Å². The van der Waals surface area contributed by atoms with Crippen LogP contribution in [0, 0.1) is 0 Å². The quantitative estimate of drug-likeness (QED) is 0.601. The standard InChI is InChI=1S/C11H10N2OS/c12-11(10-5-2-6-15-10)13-8-3-1-4-9(14)7-8/h1-7,14H,(H2,12,13). The molecule has 1 aromatic heterocycles. The summed E-state index contributed by atoms with van der Waals surface area (Å²) in [6.07, 6.45) is 0. The van der Waals surface area contributed by atoms with E-state index in [9.17, 15) is 5.11 Å². The topological polar surface area (TPSA) is 58.6 Å². The van der Waals surface area contributed by atoms with Crippen LogP contribution in [-0.4, -0.2) is 10.9 Å². The van der Waals surface area contributed by atoms with Crippen molar-refractivity contribution in [1.29, 1.82) is 0 Å². The lowest BCUT2D eigenvalue weighted by molar-refractivity contribution is 0.475. The summed E-state index contributed by atoms with van der Waals surface area (Å²) in [6, 6.07) is 10.5. The molecule has 0 radical (unpaired) electrons. The molecule has 1 heterocycles. The third kappa shape index (κ3) is 2.35. The predicted octanol–water partition coefficient (Wildman–Crippen LogP) is 2.49. The number of aromatic hydroxyl groups is 1. The third-order valence-electron chi connectivity index (χ3n) is 1.85. The SMILES string of the molecule is NC(=Nc1cccc(O)c1)c1cccs1. The fourth-order valence-electron chi connectivity index (χ4n) is 1.18. The van der Waals surface area contributed by atoms with Crippen LogP contribution in [0.5, 0.6) is 5.75 Å². The average molecular weight is 218 g/mol. The van der Waals surface area contributed by atoms with Crippen LogP contribution in [0.1, 0.15) is 4.88 Å². The van der Waals surface area contributed by atoms with Crippen LogP contribution in [0.2, 0.25) is 0 Å². The van der Waals surface area contributed by atoms with Crippen LogP contribution in [0.15, 0.2) is 46.8 Å². The zero-order valence-corrected chi connectivity index (χ0v) is 8.74. The van der Waals surface area contributed by atoms with Gasteiger partial charge in [0, 0.05) is 6.07 Å². The first-order chi connectivity index (χ1) is 7.25. The maximum atomic E-state index is 9.25. The average Bonchev–Trinajstić information content (AvgIpc) is 2.70. The summed E-state index contributed by atoms with van der Waals surface area (Å²) in [5.74, 6) is 0.658. The molecule has 2 rings (SSSR count).